The van der Waals surface area contributed by atoms with E-state index in [0.717, 1.165) is 48.5 Å². The minimum Gasteiger partial charge on any atom is -0.376 e. The minimum absolute atomic E-state index is 0.139. The van der Waals surface area contributed by atoms with Crippen molar-refractivity contribution in [3.05, 3.63) is 53.6 Å². The van der Waals surface area contributed by atoms with Crippen molar-refractivity contribution in [1.82, 2.24) is 13.9 Å². The van der Waals surface area contributed by atoms with E-state index in [1.807, 2.05) is 30.3 Å². The van der Waals surface area contributed by atoms with Crippen LogP contribution in [0.1, 0.15) is 43.7 Å². The third-order valence-corrected chi connectivity index (χ3v) is 9.71. The van der Waals surface area contributed by atoms with Gasteiger partial charge in [-0.1, -0.05) is 30.8 Å². The van der Waals surface area contributed by atoms with E-state index in [1.54, 1.807) is 28.2 Å². The Morgan fingerprint density at radius 3 is 2.71 bits per heavy atom. The predicted octanol–water partition coefficient (Wildman–Crippen LogP) is 4.80. The Hall–Kier alpha value is -2.38. The molecule has 2 aliphatic rings. The SMILES string of the molecule is C[C@H]1CCCN(S(=O)(=O)c2ccc3c(c2)nc(SCc2ccc(C#N)cc2)n3C[C@@H]2CCCO2)C1. The molecule has 5 rings (SSSR count). The lowest BCUT2D eigenvalue weighted by Crippen LogP contribution is -2.39. The van der Waals surface area contributed by atoms with Gasteiger partial charge in [0.2, 0.25) is 10.0 Å². The lowest BCUT2D eigenvalue weighted by molar-refractivity contribution is 0.0960. The van der Waals surface area contributed by atoms with Gasteiger partial charge in [-0.25, -0.2) is 13.4 Å². The van der Waals surface area contributed by atoms with Crippen molar-refractivity contribution in [3.8, 4) is 6.07 Å². The van der Waals surface area contributed by atoms with E-state index in [1.165, 1.54) is 0 Å². The molecule has 2 atom stereocenters. The molecule has 0 unspecified atom stereocenters. The van der Waals surface area contributed by atoms with Crippen molar-refractivity contribution in [2.24, 2.45) is 5.92 Å². The fourth-order valence-electron chi connectivity index (χ4n) is 4.86. The maximum absolute atomic E-state index is 13.4. The second-order valence-corrected chi connectivity index (χ2v) is 12.4. The average Bonchev–Trinajstić information content (AvgIpc) is 3.51. The minimum atomic E-state index is -3.55. The van der Waals surface area contributed by atoms with Crippen LogP contribution in [0.25, 0.3) is 11.0 Å². The standard InChI is InChI=1S/C26H30N4O3S2/c1-19-4-2-12-29(16-19)35(31,32)23-10-11-25-24(14-23)28-26(30(25)17-22-5-3-13-33-22)34-18-21-8-6-20(15-27)7-9-21/h6-11,14,19,22H,2-5,12-13,16-18H2,1H3/t19-,22-/m0/s1. The molecule has 2 fully saturated rings. The highest BCUT2D eigenvalue weighted by atomic mass is 32.2. The Balaban J connectivity index is 1.45. The first-order chi connectivity index (χ1) is 16.9. The Labute approximate surface area is 211 Å². The molecule has 0 radical (unpaired) electrons. The molecular weight excluding hydrogens is 480 g/mol. The van der Waals surface area contributed by atoms with Crippen LogP contribution in [0.4, 0.5) is 0 Å². The van der Waals surface area contributed by atoms with Crippen LogP contribution in [0.15, 0.2) is 52.5 Å². The van der Waals surface area contributed by atoms with Crippen LogP contribution in [0.5, 0.6) is 0 Å². The molecule has 2 saturated heterocycles. The largest absolute Gasteiger partial charge is 0.376 e. The first-order valence-corrected chi connectivity index (χ1v) is 14.6. The van der Waals surface area contributed by atoms with Crippen LogP contribution >= 0.6 is 11.8 Å². The fourth-order valence-corrected chi connectivity index (χ4v) is 7.46. The molecule has 3 aromatic rings. The summed E-state index contributed by atoms with van der Waals surface area (Å²) in [4.78, 5) is 5.18. The van der Waals surface area contributed by atoms with Crippen molar-refractivity contribution in [3.63, 3.8) is 0 Å². The van der Waals surface area contributed by atoms with Gasteiger partial charge >= 0.3 is 0 Å². The predicted molar refractivity (Wildman–Crippen MR) is 137 cm³/mol. The summed E-state index contributed by atoms with van der Waals surface area (Å²) in [5.41, 5.74) is 3.36. The van der Waals surface area contributed by atoms with E-state index in [4.69, 9.17) is 15.0 Å². The number of aromatic nitrogens is 2. The first kappa shape index (κ1) is 24.3. The van der Waals surface area contributed by atoms with E-state index in [0.29, 0.717) is 47.3 Å². The van der Waals surface area contributed by atoms with Crippen LogP contribution in [0.3, 0.4) is 0 Å². The van der Waals surface area contributed by atoms with E-state index in [9.17, 15) is 8.42 Å². The quantitative estimate of drug-likeness (QED) is 0.424. The maximum atomic E-state index is 13.4. The normalized spacial score (nSPS) is 21.4. The Bertz CT molecular complexity index is 1340. The summed E-state index contributed by atoms with van der Waals surface area (Å²) >= 11 is 1.62. The van der Waals surface area contributed by atoms with Crippen molar-refractivity contribution >= 4 is 32.8 Å². The number of nitrogens with zero attached hydrogens (tertiary/aromatic N) is 4. The van der Waals surface area contributed by atoms with E-state index in [2.05, 4.69) is 17.6 Å². The lowest BCUT2D eigenvalue weighted by Gasteiger charge is -2.30. The Kier molecular flexibility index (Phi) is 7.17. The number of thioether (sulfide) groups is 1. The molecule has 2 aliphatic heterocycles. The molecule has 0 aliphatic carbocycles. The number of nitriles is 1. The van der Waals surface area contributed by atoms with Crippen LogP contribution in [0, 0.1) is 17.2 Å². The number of fused-ring (bicyclic) bond motifs is 1. The summed E-state index contributed by atoms with van der Waals surface area (Å²) in [7, 11) is -3.55. The zero-order valence-electron chi connectivity index (χ0n) is 19.9. The van der Waals surface area contributed by atoms with Gasteiger partial charge in [0.25, 0.3) is 0 Å². The molecule has 0 bridgehead atoms. The monoisotopic (exact) mass is 510 g/mol. The zero-order chi connectivity index (χ0) is 24.4. The number of hydrogen-bond acceptors (Lipinski definition) is 6. The molecule has 3 heterocycles. The number of imidazole rings is 1. The number of benzene rings is 2. The van der Waals surface area contributed by atoms with Crippen LogP contribution < -0.4 is 0 Å². The topological polar surface area (TPSA) is 88.2 Å². The van der Waals surface area contributed by atoms with Crippen molar-refractivity contribution < 1.29 is 13.2 Å². The number of hydrogen-bond donors (Lipinski definition) is 0. The van der Waals surface area contributed by atoms with Gasteiger partial charge in [-0.2, -0.15) is 9.57 Å². The molecule has 7 nitrogen and oxygen atoms in total. The smallest absolute Gasteiger partial charge is 0.243 e. The van der Waals surface area contributed by atoms with Gasteiger partial charge in [0.15, 0.2) is 5.16 Å². The summed E-state index contributed by atoms with van der Waals surface area (Å²) in [6, 6.07) is 15.1. The number of sulfonamides is 1. The molecule has 184 valence electrons. The third kappa shape index (κ3) is 5.26. The zero-order valence-corrected chi connectivity index (χ0v) is 21.5. The van der Waals surface area contributed by atoms with Crippen LogP contribution in [-0.2, 0) is 27.1 Å². The Morgan fingerprint density at radius 2 is 2.00 bits per heavy atom. The molecule has 0 N–H and O–H groups in total. The van der Waals surface area contributed by atoms with Gasteiger partial charge in [-0.15, -0.1) is 0 Å². The summed E-state index contributed by atoms with van der Waals surface area (Å²) in [5, 5.41) is 9.89. The van der Waals surface area contributed by atoms with Crippen LogP contribution in [-0.4, -0.2) is 48.1 Å². The summed E-state index contributed by atoms with van der Waals surface area (Å²) in [6.45, 7) is 4.72. The molecule has 1 aromatic heterocycles. The highest BCUT2D eigenvalue weighted by Crippen LogP contribution is 2.31. The summed E-state index contributed by atoms with van der Waals surface area (Å²) in [5.74, 6) is 1.08. The second-order valence-electron chi connectivity index (χ2n) is 9.50. The highest BCUT2D eigenvalue weighted by molar-refractivity contribution is 7.98. The van der Waals surface area contributed by atoms with Gasteiger partial charge in [-0.3, -0.25) is 0 Å². The van der Waals surface area contributed by atoms with Crippen molar-refractivity contribution in [1.29, 1.82) is 5.26 Å². The van der Waals surface area contributed by atoms with Crippen molar-refractivity contribution in [2.75, 3.05) is 19.7 Å². The molecule has 9 heteroatoms. The van der Waals surface area contributed by atoms with Gasteiger partial charge in [-0.05, 0) is 67.5 Å². The molecule has 0 saturated carbocycles. The molecule has 35 heavy (non-hydrogen) atoms. The third-order valence-electron chi connectivity index (χ3n) is 6.80. The second kappa shape index (κ2) is 10.3. The Morgan fingerprint density at radius 1 is 1.17 bits per heavy atom. The first-order valence-electron chi connectivity index (χ1n) is 12.2. The summed E-state index contributed by atoms with van der Waals surface area (Å²) in [6.07, 6.45) is 4.17. The number of rotatable bonds is 7. The summed E-state index contributed by atoms with van der Waals surface area (Å²) < 4.78 is 36.4. The highest BCUT2D eigenvalue weighted by Gasteiger charge is 2.29. The molecule has 2 aromatic carbocycles. The number of ether oxygens (including phenoxy) is 1. The van der Waals surface area contributed by atoms with E-state index < -0.39 is 10.0 Å². The van der Waals surface area contributed by atoms with Gasteiger partial charge in [0, 0.05) is 25.4 Å². The van der Waals surface area contributed by atoms with E-state index in [-0.39, 0.29) is 6.10 Å². The molecular formula is C26H30N4O3S2. The lowest BCUT2D eigenvalue weighted by atomic mass is 10.0. The fraction of sp³-hybridized carbons (Fsp3) is 0.462. The number of piperidine rings is 1. The van der Waals surface area contributed by atoms with E-state index >= 15 is 0 Å². The van der Waals surface area contributed by atoms with Crippen molar-refractivity contribution in [2.45, 2.75) is 61.1 Å². The van der Waals surface area contributed by atoms with Gasteiger partial charge < -0.3 is 9.30 Å². The molecule has 0 amide bonds. The average molecular weight is 511 g/mol. The molecule has 0 spiro atoms. The van der Waals surface area contributed by atoms with Crippen LogP contribution in [0.2, 0.25) is 0 Å². The van der Waals surface area contributed by atoms with Gasteiger partial charge in [0.1, 0.15) is 0 Å². The maximum Gasteiger partial charge on any atom is 0.243 e. The van der Waals surface area contributed by atoms with Gasteiger partial charge in [0.05, 0.1) is 40.2 Å².